The molecule has 1 aliphatic carbocycles. The molecule has 3 aromatic rings. The third-order valence-corrected chi connectivity index (χ3v) is 7.16. The molecule has 1 aliphatic heterocycles. The smallest absolute Gasteiger partial charge is 0.418 e. The van der Waals surface area contributed by atoms with Crippen molar-refractivity contribution in [1.82, 2.24) is 0 Å². The minimum Gasteiger partial charge on any atom is -0.490 e. The summed E-state index contributed by atoms with van der Waals surface area (Å²) in [5.41, 5.74) is 0.915. The summed E-state index contributed by atoms with van der Waals surface area (Å²) >= 11 is 0. The number of nitrogens with one attached hydrogen (secondary N) is 1. The number of carbonyl (C=O) groups excluding carboxylic acids is 2. The molecule has 0 unspecified atom stereocenters. The summed E-state index contributed by atoms with van der Waals surface area (Å²) < 4.78 is 58.7. The number of para-hydroxylation sites is 2. The topological polar surface area (TPSA) is 77.1 Å². The Morgan fingerprint density at radius 1 is 1.07 bits per heavy atom. The average Bonchev–Trinajstić information content (AvgIpc) is 3.77. The van der Waals surface area contributed by atoms with E-state index in [1.165, 1.54) is 0 Å². The second-order valence-corrected chi connectivity index (χ2v) is 10.4. The number of aryl methyl sites for hydroxylation is 2. The fraction of sp³-hybridized carbons (Fsp3) is 0.355. The minimum absolute atomic E-state index is 0.0559. The van der Waals surface area contributed by atoms with Gasteiger partial charge < -0.3 is 24.4 Å². The molecule has 1 N–H and O–H groups in total. The van der Waals surface area contributed by atoms with E-state index < -0.39 is 29.3 Å². The number of halogens is 3. The van der Waals surface area contributed by atoms with E-state index in [1.54, 1.807) is 19.1 Å². The molecule has 41 heavy (non-hydrogen) atoms. The van der Waals surface area contributed by atoms with Gasteiger partial charge in [-0.15, -0.1) is 0 Å². The first-order chi connectivity index (χ1) is 19.5. The quantitative estimate of drug-likeness (QED) is 0.250. The maximum Gasteiger partial charge on any atom is 0.418 e. The number of likely N-dealkylation sites (N-methyl/N-ethyl adjacent to an activating group) is 1. The van der Waals surface area contributed by atoms with E-state index in [0.29, 0.717) is 42.7 Å². The summed E-state index contributed by atoms with van der Waals surface area (Å²) in [5.74, 6) is -0.165. The third-order valence-electron chi connectivity index (χ3n) is 7.16. The lowest BCUT2D eigenvalue weighted by atomic mass is 9.98. The van der Waals surface area contributed by atoms with E-state index in [2.05, 4.69) is 10.2 Å². The second-order valence-electron chi connectivity index (χ2n) is 10.4. The Morgan fingerprint density at radius 2 is 1.83 bits per heavy atom. The molecule has 1 heterocycles. The van der Waals surface area contributed by atoms with Gasteiger partial charge in [0.05, 0.1) is 29.4 Å². The van der Waals surface area contributed by atoms with E-state index in [0.717, 1.165) is 29.6 Å². The fourth-order valence-corrected chi connectivity index (χ4v) is 4.92. The molecule has 5 rings (SSSR count). The molecule has 10 heteroatoms. The molecular weight excluding hydrogens is 537 g/mol. The number of rotatable bonds is 8. The lowest BCUT2D eigenvalue weighted by Gasteiger charge is -2.33. The summed E-state index contributed by atoms with van der Waals surface area (Å²) in [5, 5.41) is 2.41. The number of nitrogens with zero attached hydrogens (tertiary/aromatic N) is 1. The summed E-state index contributed by atoms with van der Waals surface area (Å²) in [6.07, 6.45) is -3.11. The molecule has 0 radical (unpaired) electrons. The lowest BCUT2D eigenvalue weighted by molar-refractivity contribution is -0.136. The Kier molecular flexibility index (Phi) is 7.84. The third kappa shape index (κ3) is 6.42. The number of fused-ring (bicyclic) bond motifs is 1. The SMILES string of the molecule is CCc1cc(OC[C@@H]2CN(C)c3ccccc3O2)cc(C)c1C(=O)Nc1cc(OC(=O)C2CC2)ccc1C(F)(F)F. The number of hydrogen-bond donors (Lipinski definition) is 1. The Bertz CT molecular complexity index is 1470. The number of alkyl halides is 3. The molecular formula is C31H31F3N2O5. The molecule has 0 aromatic heterocycles. The van der Waals surface area contributed by atoms with Crippen LogP contribution >= 0.6 is 0 Å². The van der Waals surface area contributed by atoms with Crippen LogP contribution in [0, 0.1) is 12.8 Å². The molecule has 1 fully saturated rings. The molecule has 3 aromatic carbocycles. The molecule has 2 aliphatic rings. The van der Waals surface area contributed by atoms with E-state index in [9.17, 15) is 22.8 Å². The van der Waals surface area contributed by atoms with Crippen LogP contribution in [-0.4, -0.2) is 38.2 Å². The highest BCUT2D eigenvalue weighted by Gasteiger charge is 2.36. The second kappa shape index (κ2) is 11.3. The van der Waals surface area contributed by atoms with Crippen LogP contribution in [0.25, 0.3) is 0 Å². The number of hydrogen-bond acceptors (Lipinski definition) is 6. The van der Waals surface area contributed by atoms with Gasteiger partial charge in [-0.1, -0.05) is 19.1 Å². The van der Waals surface area contributed by atoms with Gasteiger partial charge in [0, 0.05) is 18.7 Å². The first kappa shape index (κ1) is 28.3. The van der Waals surface area contributed by atoms with Gasteiger partial charge in [0.25, 0.3) is 5.91 Å². The molecule has 7 nitrogen and oxygen atoms in total. The number of benzene rings is 3. The Morgan fingerprint density at radius 3 is 2.54 bits per heavy atom. The highest BCUT2D eigenvalue weighted by atomic mass is 19.4. The van der Waals surface area contributed by atoms with Crippen LogP contribution in [-0.2, 0) is 17.4 Å². The van der Waals surface area contributed by atoms with Gasteiger partial charge in [0.2, 0.25) is 0 Å². The van der Waals surface area contributed by atoms with Crippen LogP contribution in [0.15, 0.2) is 54.6 Å². The van der Waals surface area contributed by atoms with Gasteiger partial charge in [-0.3, -0.25) is 9.59 Å². The number of ether oxygens (including phenoxy) is 3. The van der Waals surface area contributed by atoms with Crippen LogP contribution in [0.4, 0.5) is 24.5 Å². The Labute approximate surface area is 236 Å². The monoisotopic (exact) mass is 568 g/mol. The lowest BCUT2D eigenvalue weighted by Crippen LogP contribution is -2.41. The summed E-state index contributed by atoms with van der Waals surface area (Å²) in [6, 6.07) is 14.1. The summed E-state index contributed by atoms with van der Waals surface area (Å²) in [6.45, 7) is 4.47. The van der Waals surface area contributed by atoms with Crippen molar-refractivity contribution >= 4 is 23.3 Å². The van der Waals surface area contributed by atoms with Crippen LogP contribution < -0.4 is 24.4 Å². The van der Waals surface area contributed by atoms with Crippen LogP contribution in [0.5, 0.6) is 17.2 Å². The van der Waals surface area contributed by atoms with Crippen LogP contribution in [0.1, 0.15) is 46.8 Å². The predicted octanol–water partition coefficient (Wildman–Crippen LogP) is 6.42. The zero-order valence-corrected chi connectivity index (χ0v) is 23.0. The van der Waals surface area contributed by atoms with Crippen molar-refractivity contribution in [3.05, 3.63) is 76.9 Å². The largest absolute Gasteiger partial charge is 0.490 e. The van der Waals surface area contributed by atoms with Crippen LogP contribution in [0.3, 0.4) is 0 Å². The molecule has 0 bridgehead atoms. The maximum absolute atomic E-state index is 13.8. The minimum atomic E-state index is -4.72. The van der Waals surface area contributed by atoms with Crippen molar-refractivity contribution in [3.8, 4) is 17.2 Å². The van der Waals surface area contributed by atoms with Gasteiger partial charge in [0.15, 0.2) is 0 Å². The summed E-state index contributed by atoms with van der Waals surface area (Å²) in [4.78, 5) is 27.5. The first-order valence-corrected chi connectivity index (χ1v) is 13.5. The molecule has 0 spiro atoms. The number of anilines is 2. The predicted molar refractivity (Wildman–Crippen MR) is 148 cm³/mol. The van der Waals surface area contributed by atoms with Crippen molar-refractivity contribution in [1.29, 1.82) is 0 Å². The van der Waals surface area contributed by atoms with Gasteiger partial charge >= 0.3 is 12.1 Å². The Hall–Kier alpha value is -4.21. The maximum atomic E-state index is 13.8. The zero-order valence-electron chi connectivity index (χ0n) is 23.0. The fourth-order valence-electron chi connectivity index (χ4n) is 4.92. The van der Waals surface area contributed by atoms with E-state index in [-0.39, 0.29) is 29.9 Å². The van der Waals surface area contributed by atoms with E-state index in [1.807, 2.05) is 38.2 Å². The highest BCUT2D eigenvalue weighted by molar-refractivity contribution is 6.07. The average molecular weight is 569 g/mol. The van der Waals surface area contributed by atoms with Crippen molar-refractivity contribution < 1.29 is 37.0 Å². The normalized spacial score (nSPS) is 16.4. The standard InChI is InChI=1S/C31H31F3N2O5/c1-4-19-14-22(39-17-23-16-36(3)26-7-5-6-8-27(26)40-23)13-18(2)28(19)29(37)35-25-15-21(41-30(38)20-9-10-20)11-12-24(25)31(32,33)34/h5-8,11-15,20,23H,4,9-10,16-17H2,1-3H3,(H,35,37)/t23-/m0/s1. The first-order valence-electron chi connectivity index (χ1n) is 13.5. The van der Waals surface area contributed by atoms with E-state index >= 15 is 0 Å². The Balaban J connectivity index is 1.33. The van der Waals surface area contributed by atoms with Crippen LogP contribution in [0.2, 0.25) is 0 Å². The van der Waals surface area contributed by atoms with Gasteiger partial charge in [-0.05, 0) is 73.7 Å². The molecule has 1 amide bonds. The van der Waals surface area contributed by atoms with Crippen molar-refractivity contribution in [2.45, 2.75) is 45.4 Å². The zero-order chi connectivity index (χ0) is 29.3. The number of esters is 1. The summed E-state index contributed by atoms with van der Waals surface area (Å²) in [7, 11) is 1.98. The van der Waals surface area contributed by atoms with Gasteiger partial charge in [-0.25, -0.2) is 0 Å². The molecule has 216 valence electrons. The van der Waals surface area contributed by atoms with Crippen molar-refractivity contribution in [2.24, 2.45) is 5.92 Å². The van der Waals surface area contributed by atoms with Gasteiger partial charge in [0.1, 0.15) is 30.0 Å². The van der Waals surface area contributed by atoms with E-state index in [4.69, 9.17) is 14.2 Å². The van der Waals surface area contributed by atoms with Gasteiger partial charge in [-0.2, -0.15) is 13.2 Å². The number of carbonyl (C=O) groups is 2. The molecule has 1 atom stereocenters. The van der Waals surface area contributed by atoms with Crippen molar-refractivity contribution in [3.63, 3.8) is 0 Å². The highest BCUT2D eigenvalue weighted by Crippen LogP contribution is 2.38. The number of amides is 1. The molecule has 1 saturated carbocycles. The van der Waals surface area contributed by atoms with Crippen molar-refractivity contribution in [2.75, 3.05) is 30.4 Å². The molecule has 0 saturated heterocycles.